The molecular weight excluding hydrogens is 535 g/mol. The van der Waals surface area contributed by atoms with Gasteiger partial charge in [-0.2, -0.15) is 8.42 Å². The number of halogens is 5. The molecule has 0 fully saturated rings. The van der Waals surface area contributed by atoms with Gasteiger partial charge in [-0.1, -0.05) is 41.4 Å². The van der Waals surface area contributed by atoms with Crippen molar-refractivity contribution in [1.82, 2.24) is 0 Å². The highest BCUT2D eigenvalue weighted by atomic mass is 79.9. The van der Waals surface area contributed by atoms with E-state index in [4.69, 9.17) is 27.4 Å². The zero-order chi connectivity index (χ0) is 15.8. The Labute approximate surface area is 157 Å². The molecule has 0 unspecified atom stereocenters. The third kappa shape index (κ3) is 3.59. The van der Waals surface area contributed by atoms with Crippen LogP contribution in [0.4, 0.5) is 0 Å². The smallest absolute Gasteiger partial charge is 0.339 e. The summed E-state index contributed by atoms with van der Waals surface area (Å²) in [5.74, 6) is -0.0828. The summed E-state index contributed by atoms with van der Waals surface area (Å²) < 4.78 is 30.9. The van der Waals surface area contributed by atoms with Crippen molar-refractivity contribution >= 4 is 81.1 Å². The summed E-state index contributed by atoms with van der Waals surface area (Å²) in [5.41, 5.74) is 0. The second kappa shape index (κ2) is 6.76. The minimum Gasteiger partial charge on any atom is -0.376 e. The largest absolute Gasteiger partial charge is 0.376 e. The van der Waals surface area contributed by atoms with Gasteiger partial charge in [-0.15, -0.1) is 0 Å². The highest BCUT2D eigenvalue weighted by molar-refractivity contribution is 9.14. The maximum Gasteiger partial charge on any atom is 0.339 e. The van der Waals surface area contributed by atoms with Gasteiger partial charge in [0.1, 0.15) is 9.92 Å². The topological polar surface area (TPSA) is 43.4 Å². The molecule has 0 aliphatic heterocycles. The molecule has 0 N–H and O–H groups in total. The molecule has 2 rings (SSSR count). The van der Waals surface area contributed by atoms with Gasteiger partial charge in [-0.05, 0) is 59.9 Å². The Kier molecular flexibility index (Phi) is 5.66. The first kappa shape index (κ1) is 17.6. The number of hydrogen-bond donors (Lipinski definition) is 0. The average Bonchev–Trinajstić information content (AvgIpc) is 2.48. The number of hydrogen-bond acceptors (Lipinski definition) is 3. The van der Waals surface area contributed by atoms with E-state index in [-0.39, 0.29) is 20.7 Å². The van der Waals surface area contributed by atoms with Gasteiger partial charge >= 0.3 is 10.1 Å². The first-order valence-electron chi connectivity index (χ1n) is 5.26. The SMILES string of the molecule is O=S(=O)(Oc1c(Cl)c(Cl)c(Br)c(Br)c1Br)c1ccccc1. The maximum atomic E-state index is 12.2. The van der Waals surface area contributed by atoms with Crippen LogP contribution in [0, 0.1) is 0 Å². The summed E-state index contributed by atoms with van der Waals surface area (Å²) in [6.45, 7) is 0. The van der Waals surface area contributed by atoms with Crippen molar-refractivity contribution in [2.24, 2.45) is 0 Å². The standard InChI is InChI=1S/C12H5Br3Cl2O3S/c13-7-8(14)10(16)11(17)12(9(7)15)20-21(18,19)6-4-2-1-3-5-6/h1-5H. The van der Waals surface area contributed by atoms with Crippen LogP contribution in [0.1, 0.15) is 0 Å². The lowest BCUT2D eigenvalue weighted by molar-refractivity contribution is 0.484. The van der Waals surface area contributed by atoms with Crippen molar-refractivity contribution in [2.45, 2.75) is 4.90 Å². The molecule has 3 nitrogen and oxygen atoms in total. The monoisotopic (exact) mass is 536 g/mol. The minimum atomic E-state index is -4.01. The van der Waals surface area contributed by atoms with Gasteiger partial charge in [0.15, 0.2) is 5.75 Å². The van der Waals surface area contributed by atoms with E-state index in [1.807, 2.05) is 0 Å². The van der Waals surface area contributed by atoms with E-state index in [1.54, 1.807) is 18.2 Å². The van der Waals surface area contributed by atoms with Crippen LogP contribution in [0.2, 0.25) is 10.0 Å². The van der Waals surface area contributed by atoms with Gasteiger partial charge in [-0.3, -0.25) is 0 Å². The molecule has 0 saturated carbocycles. The van der Waals surface area contributed by atoms with E-state index in [0.717, 1.165) is 0 Å². The molecule has 9 heteroatoms. The molecule has 2 aromatic carbocycles. The predicted octanol–water partition coefficient (Wildman–Crippen LogP) is 6.05. The van der Waals surface area contributed by atoms with Crippen LogP contribution in [0.3, 0.4) is 0 Å². The van der Waals surface area contributed by atoms with Crippen molar-refractivity contribution in [2.75, 3.05) is 0 Å². The Morgan fingerprint density at radius 2 is 1.43 bits per heavy atom. The molecule has 0 bridgehead atoms. The van der Waals surface area contributed by atoms with Gasteiger partial charge in [-0.25, -0.2) is 0 Å². The zero-order valence-corrected chi connectivity index (χ0v) is 17.0. The molecule has 112 valence electrons. The van der Waals surface area contributed by atoms with E-state index >= 15 is 0 Å². The second-order valence-corrected chi connectivity index (χ2v) is 8.43. The van der Waals surface area contributed by atoms with Crippen molar-refractivity contribution in [1.29, 1.82) is 0 Å². The Hall–Kier alpha value is 0.210. The average molecular weight is 540 g/mol. The Morgan fingerprint density at radius 3 is 2.00 bits per heavy atom. The Bertz CT molecular complexity index is 766. The van der Waals surface area contributed by atoms with Crippen molar-refractivity contribution in [3.63, 3.8) is 0 Å². The maximum absolute atomic E-state index is 12.2. The van der Waals surface area contributed by atoms with Gasteiger partial charge < -0.3 is 4.18 Å². The fourth-order valence-corrected chi connectivity index (χ4v) is 4.80. The molecule has 0 radical (unpaired) electrons. The predicted molar refractivity (Wildman–Crippen MR) is 93.8 cm³/mol. The summed E-state index contributed by atoms with van der Waals surface area (Å²) in [4.78, 5) is 0.0168. The quantitative estimate of drug-likeness (QED) is 0.271. The van der Waals surface area contributed by atoms with Crippen molar-refractivity contribution in [3.8, 4) is 5.75 Å². The summed E-state index contributed by atoms with van der Waals surface area (Å²) in [6, 6.07) is 7.74. The van der Waals surface area contributed by atoms with Crippen LogP contribution in [0.15, 0.2) is 48.6 Å². The molecule has 0 aliphatic rings. The minimum absolute atomic E-state index is 0.0156. The molecule has 0 amide bonds. The van der Waals surface area contributed by atoms with Crippen LogP contribution in [0.25, 0.3) is 0 Å². The first-order valence-corrected chi connectivity index (χ1v) is 9.81. The van der Waals surface area contributed by atoms with Crippen LogP contribution < -0.4 is 4.18 Å². The molecule has 0 atom stereocenters. The molecule has 0 saturated heterocycles. The first-order chi connectivity index (χ1) is 9.75. The molecule has 21 heavy (non-hydrogen) atoms. The zero-order valence-electron chi connectivity index (χ0n) is 9.91. The van der Waals surface area contributed by atoms with Crippen LogP contribution >= 0.6 is 71.0 Å². The van der Waals surface area contributed by atoms with Crippen molar-refractivity contribution in [3.05, 3.63) is 53.8 Å². The summed E-state index contributed by atoms with van der Waals surface area (Å²) in [7, 11) is -4.01. The van der Waals surface area contributed by atoms with Crippen molar-refractivity contribution < 1.29 is 12.6 Å². The molecule has 2 aromatic rings. The fraction of sp³-hybridized carbons (Fsp3) is 0. The highest BCUT2D eigenvalue weighted by Gasteiger charge is 2.25. The van der Waals surface area contributed by atoms with Gasteiger partial charge in [0.05, 0.1) is 18.4 Å². The summed E-state index contributed by atoms with van der Waals surface area (Å²) in [6.07, 6.45) is 0. The van der Waals surface area contributed by atoms with Gasteiger partial charge in [0.2, 0.25) is 0 Å². The van der Waals surface area contributed by atoms with Gasteiger partial charge in [0, 0.05) is 0 Å². The van der Waals surface area contributed by atoms with Crippen LogP contribution in [-0.2, 0) is 10.1 Å². The lowest BCUT2D eigenvalue weighted by atomic mass is 10.3. The molecule has 0 aromatic heterocycles. The number of rotatable bonds is 3. The lowest BCUT2D eigenvalue weighted by Gasteiger charge is -2.14. The summed E-state index contributed by atoms with van der Waals surface area (Å²) >= 11 is 21.8. The molecule has 0 spiro atoms. The molecule has 0 aliphatic carbocycles. The fourth-order valence-electron chi connectivity index (χ4n) is 1.40. The van der Waals surface area contributed by atoms with Crippen LogP contribution in [-0.4, -0.2) is 8.42 Å². The molecular formula is C12H5Br3Cl2O3S. The second-order valence-electron chi connectivity index (χ2n) is 3.75. The Morgan fingerprint density at radius 1 is 0.857 bits per heavy atom. The lowest BCUT2D eigenvalue weighted by Crippen LogP contribution is -2.10. The van der Waals surface area contributed by atoms with Gasteiger partial charge in [0.25, 0.3) is 0 Å². The van der Waals surface area contributed by atoms with E-state index in [1.165, 1.54) is 12.1 Å². The van der Waals surface area contributed by atoms with E-state index in [2.05, 4.69) is 47.8 Å². The van der Waals surface area contributed by atoms with Crippen LogP contribution in [0.5, 0.6) is 5.75 Å². The normalized spacial score (nSPS) is 11.5. The Balaban J connectivity index is 2.55. The third-order valence-electron chi connectivity index (χ3n) is 2.39. The molecule has 0 heterocycles. The third-order valence-corrected chi connectivity index (χ3v) is 8.10. The van der Waals surface area contributed by atoms with E-state index in [0.29, 0.717) is 13.4 Å². The van der Waals surface area contributed by atoms with E-state index in [9.17, 15) is 8.42 Å². The highest BCUT2D eigenvalue weighted by Crippen LogP contribution is 2.49. The summed E-state index contributed by atoms with van der Waals surface area (Å²) in [5, 5.41) is 0.128. The number of benzene rings is 2. The van der Waals surface area contributed by atoms with E-state index < -0.39 is 10.1 Å².